The summed E-state index contributed by atoms with van der Waals surface area (Å²) in [5.41, 5.74) is 4.39. The predicted octanol–water partition coefficient (Wildman–Crippen LogP) is 4.12. The first-order valence-corrected chi connectivity index (χ1v) is 9.31. The number of nitrogens with zero attached hydrogens (tertiary/aromatic N) is 2. The second-order valence-electron chi connectivity index (χ2n) is 6.75. The quantitative estimate of drug-likeness (QED) is 0.713. The number of rotatable bonds is 6. The molecule has 0 fully saturated rings. The molecule has 1 aliphatic rings. The van der Waals surface area contributed by atoms with Crippen molar-refractivity contribution in [2.45, 2.75) is 46.3 Å². The average molecular weight is 365 g/mol. The molecule has 6 nitrogen and oxygen atoms in total. The summed E-state index contributed by atoms with van der Waals surface area (Å²) in [4.78, 5) is 12.4. The van der Waals surface area contributed by atoms with Gasteiger partial charge in [-0.25, -0.2) is 0 Å². The van der Waals surface area contributed by atoms with Gasteiger partial charge in [-0.15, -0.1) is 0 Å². The van der Waals surface area contributed by atoms with E-state index in [1.807, 2.05) is 24.6 Å². The van der Waals surface area contributed by atoms with Crippen LogP contribution >= 0.6 is 0 Å². The molecule has 1 aliphatic carbocycles. The van der Waals surface area contributed by atoms with E-state index in [0.717, 1.165) is 30.8 Å². The zero-order valence-electron chi connectivity index (χ0n) is 15.6. The lowest BCUT2D eigenvalue weighted by Gasteiger charge is -2.07. The van der Waals surface area contributed by atoms with E-state index >= 15 is 0 Å². The lowest BCUT2D eigenvalue weighted by atomic mass is 10.1. The molecule has 27 heavy (non-hydrogen) atoms. The first-order chi connectivity index (χ1) is 13.1. The van der Waals surface area contributed by atoms with Gasteiger partial charge in [0.15, 0.2) is 5.76 Å². The van der Waals surface area contributed by atoms with Crippen LogP contribution in [-0.4, -0.2) is 15.7 Å². The van der Waals surface area contributed by atoms with Crippen molar-refractivity contribution in [2.75, 3.05) is 5.32 Å². The van der Waals surface area contributed by atoms with Crippen LogP contribution in [0.4, 0.5) is 5.69 Å². The molecular weight excluding hydrogens is 342 g/mol. The lowest BCUT2D eigenvalue weighted by Crippen LogP contribution is -2.11. The Hall–Kier alpha value is -3.02. The van der Waals surface area contributed by atoms with E-state index in [2.05, 4.69) is 22.5 Å². The van der Waals surface area contributed by atoms with Gasteiger partial charge in [0, 0.05) is 6.54 Å². The molecule has 0 spiro atoms. The number of ether oxygens (including phenoxy) is 1. The number of carbonyl (C=O) groups is 1. The highest BCUT2D eigenvalue weighted by Crippen LogP contribution is 2.26. The van der Waals surface area contributed by atoms with Gasteiger partial charge in [-0.3, -0.25) is 9.48 Å². The number of nitrogens with one attached hydrogen (secondary N) is 1. The summed E-state index contributed by atoms with van der Waals surface area (Å²) in [5.74, 6) is 1.41. The van der Waals surface area contributed by atoms with Crippen LogP contribution in [0.2, 0.25) is 0 Å². The first-order valence-electron chi connectivity index (χ1n) is 9.31. The van der Waals surface area contributed by atoms with E-state index in [4.69, 9.17) is 9.15 Å². The van der Waals surface area contributed by atoms with Gasteiger partial charge in [0.2, 0.25) is 0 Å². The van der Waals surface area contributed by atoms with Gasteiger partial charge in [0.1, 0.15) is 18.1 Å². The van der Waals surface area contributed by atoms with E-state index in [1.54, 1.807) is 18.3 Å². The second kappa shape index (κ2) is 7.31. The molecule has 6 heteroatoms. The van der Waals surface area contributed by atoms with Crippen LogP contribution in [0.1, 0.15) is 46.5 Å². The normalized spacial score (nSPS) is 12.8. The maximum atomic E-state index is 12.4. The van der Waals surface area contributed by atoms with Crippen molar-refractivity contribution in [1.82, 2.24) is 9.78 Å². The summed E-state index contributed by atoms with van der Waals surface area (Å²) >= 11 is 0. The zero-order chi connectivity index (χ0) is 18.8. The Labute approximate surface area is 158 Å². The third-order valence-corrected chi connectivity index (χ3v) is 4.99. The first kappa shape index (κ1) is 17.4. The molecule has 1 amide bonds. The largest absolute Gasteiger partial charge is 0.486 e. The highest BCUT2D eigenvalue weighted by molar-refractivity contribution is 6.02. The Morgan fingerprint density at radius 2 is 2.11 bits per heavy atom. The Kier molecular flexibility index (Phi) is 4.71. The number of aryl methyl sites for hydroxylation is 3. The number of furan rings is 1. The van der Waals surface area contributed by atoms with Gasteiger partial charge in [-0.2, -0.15) is 5.10 Å². The third kappa shape index (κ3) is 3.60. The van der Waals surface area contributed by atoms with Gasteiger partial charge >= 0.3 is 0 Å². The van der Waals surface area contributed by atoms with E-state index in [1.165, 1.54) is 17.5 Å². The van der Waals surface area contributed by atoms with E-state index in [0.29, 0.717) is 18.1 Å². The summed E-state index contributed by atoms with van der Waals surface area (Å²) in [7, 11) is 0. The van der Waals surface area contributed by atoms with Gasteiger partial charge in [-0.1, -0.05) is 6.07 Å². The number of carbonyl (C=O) groups excluding carboxylic acids is 1. The lowest BCUT2D eigenvalue weighted by molar-refractivity contribution is 0.0992. The molecule has 3 aromatic rings. The molecule has 2 aromatic heterocycles. The molecule has 0 radical (unpaired) electrons. The average Bonchev–Trinajstić information content (AvgIpc) is 3.40. The molecule has 2 heterocycles. The summed E-state index contributed by atoms with van der Waals surface area (Å²) in [6.07, 6.45) is 5.14. The maximum absolute atomic E-state index is 12.4. The number of anilines is 1. The highest BCUT2D eigenvalue weighted by Gasteiger charge is 2.15. The van der Waals surface area contributed by atoms with Crippen molar-refractivity contribution in [3.05, 3.63) is 64.9 Å². The molecule has 0 saturated heterocycles. The van der Waals surface area contributed by atoms with Gasteiger partial charge < -0.3 is 14.5 Å². The Balaban J connectivity index is 1.38. The number of hydrogen-bond acceptors (Lipinski definition) is 4. The monoisotopic (exact) mass is 365 g/mol. The SMILES string of the molecule is CCn1ncc(NC(=O)c2ccc(COc3ccc4c(c3)CCC4)o2)c1C. The molecular formula is C21H23N3O3. The number of benzene rings is 1. The Morgan fingerprint density at radius 3 is 2.93 bits per heavy atom. The minimum absolute atomic E-state index is 0.256. The standard InChI is InChI=1S/C21H23N3O3/c1-3-24-14(2)19(12-22-24)23-21(25)20-10-9-18(27-20)13-26-17-8-7-15-5-4-6-16(15)11-17/h7-12H,3-6,13H2,1-2H3,(H,23,25). The fourth-order valence-corrected chi connectivity index (χ4v) is 3.44. The molecule has 0 saturated carbocycles. The molecule has 0 bridgehead atoms. The van der Waals surface area contributed by atoms with Crippen molar-refractivity contribution in [3.8, 4) is 5.75 Å². The van der Waals surface area contributed by atoms with Crippen LogP contribution in [0.15, 0.2) is 40.9 Å². The number of hydrogen-bond donors (Lipinski definition) is 1. The number of fused-ring (bicyclic) bond motifs is 1. The highest BCUT2D eigenvalue weighted by atomic mass is 16.5. The summed E-state index contributed by atoms with van der Waals surface area (Å²) < 4.78 is 13.3. The second-order valence-corrected chi connectivity index (χ2v) is 6.75. The Morgan fingerprint density at radius 1 is 1.26 bits per heavy atom. The summed E-state index contributed by atoms with van der Waals surface area (Å²) in [5, 5.41) is 7.06. The van der Waals surface area contributed by atoms with Crippen LogP contribution in [-0.2, 0) is 26.0 Å². The van der Waals surface area contributed by atoms with Gasteiger partial charge in [-0.05, 0) is 68.5 Å². The van der Waals surface area contributed by atoms with Gasteiger partial charge in [0.05, 0.1) is 17.6 Å². The fraction of sp³-hybridized carbons (Fsp3) is 0.333. The number of aromatic nitrogens is 2. The fourth-order valence-electron chi connectivity index (χ4n) is 3.44. The number of amides is 1. The van der Waals surface area contributed by atoms with Crippen molar-refractivity contribution in [1.29, 1.82) is 0 Å². The Bertz CT molecular complexity index is 971. The van der Waals surface area contributed by atoms with Crippen LogP contribution in [0.5, 0.6) is 5.75 Å². The van der Waals surface area contributed by atoms with Crippen molar-refractivity contribution in [3.63, 3.8) is 0 Å². The zero-order valence-corrected chi connectivity index (χ0v) is 15.6. The minimum atomic E-state index is -0.294. The van der Waals surface area contributed by atoms with E-state index in [-0.39, 0.29) is 11.7 Å². The molecule has 0 unspecified atom stereocenters. The predicted molar refractivity (Wildman–Crippen MR) is 102 cm³/mol. The summed E-state index contributed by atoms with van der Waals surface area (Å²) in [6.45, 7) is 4.97. The van der Waals surface area contributed by atoms with Crippen molar-refractivity contribution in [2.24, 2.45) is 0 Å². The maximum Gasteiger partial charge on any atom is 0.291 e. The smallest absolute Gasteiger partial charge is 0.291 e. The molecule has 1 aromatic carbocycles. The van der Waals surface area contributed by atoms with E-state index in [9.17, 15) is 4.79 Å². The molecule has 140 valence electrons. The van der Waals surface area contributed by atoms with E-state index < -0.39 is 0 Å². The molecule has 4 rings (SSSR count). The molecule has 0 atom stereocenters. The van der Waals surface area contributed by atoms with Crippen LogP contribution in [0.25, 0.3) is 0 Å². The van der Waals surface area contributed by atoms with Crippen LogP contribution < -0.4 is 10.1 Å². The summed E-state index contributed by atoms with van der Waals surface area (Å²) in [6, 6.07) is 9.67. The van der Waals surface area contributed by atoms with Crippen LogP contribution in [0.3, 0.4) is 0 Å². The third-order valence-electron chi connectivity index (χ3n) is 4.99. The minimum Gasteiger partial charge on any atom is -0.486 e. The van der Waals surface area contributed by atoms with Crippen molar-refractivity contribution < 1.29 is 13.9 Å². The molecule has 0 aliphatic heterocycles. The van der Waals surface area contributed by atoms with Crippen LogP contribution in [0, 0.1) is 6.92 Å². The van der Waals surface area contributed by atoms with Gasteiger partial charge in [0.25, 0.3) is 5.91 Å². The topological polar surface area (TPSA) is 69.3 Å². The molecule has 1 N–H and O–H groups in total. The van der Waals surface area contributed by atoms with Crippen molar-refractivity contribution >= 4 is 11.6 Å².